The molecular weight excluding hydrogens is 346 g/mol. The molecule has 126 valence electrons. The number of hydrogen-bond acceptors (Lipinski definition) is 6. The van der Waals surface area contributed by atoms with Gasteiger partial charge in [0.25, 0.3) is 10.0 Å². The van der Waals surface area contributed by atoms with Gasteiger partial charge in [-0.2, -0.15) is 4.98 Å². The summed E-state index contributed by atoms with van der Waals surface area (Å²) in [6, 6.07) is 8.98. The van der Waals surface area contributed by atoms with Gasteiger partial charge in [0.1, 0.15) is 4.90 Å². The Bertz CT molecular complexity index is 990. The Balaban J connectivity index is 2.02. The molecule has 1 aromatic carbocycles. The molecule has 0 unspecified atom stereocenters. The van der Waals surface area contributed by atoms with Crippen LogP contribution in [0.4, 0.5) is 5.69 Å². The summed E-state index contributed by atoms with van der Waals surface area (Å²) in [6.07, 6.45) is 0. The maximum Gasteiger partial charge on any atom is 0.265 e. The van der Waals surface area contributed by atoms with Crippen molar-refractivity contribution < 1.29 is 12.9 Å². The highest BCUT2D eigenvalue weighted by atomic mass is 32.2. The summed E-state index contributed by atoms with van der Waals surface area (Å²) in [7, 11) is -2.11. The first-order chi connectivity index (χ1) is 11.3. The van der Waals surface area contributed by atoms with Crippen molar-refractivity contribution in [3.63, 3.8) is 0 Å². The number of aromatic nitrogens is 2. The van der Waals surface area contributed by atoms with Crippen molar-refractivity contribution in [2.75, 3.05) is 11.4 Å². The molecule has 2 aromatic heterocycles. The van der Waals surface area contributed by atoms with Crippen LogP contribution in [-0.2, 0) is 10.0 Å². The third kappa shape index (κ3) is 2.94. The van der Waals surface area contributed by atoms with Crippen molar-refractivity contribution in [1.82, 2.24) is 10.1 Å². The molecule has 0 saturated heterocycles. The molecule has 2 heterocycles. The van der Waals surface area contributed by atoms with Gasteiger partial charge in [0.15, 0.2) is 0 Å². The van der Waals surface area contributed by atoms with E-state index in [1.807, 2.05) is 25.1 Å². The van der Waals surface area contributed by atoms with Crippen LogP contribution in [0.5, 0.6) is 0 Å². The van der Waals surface area contributed by atoms with Gasteiger partial charge in [-0.05, 0) is 37.6 Å². The Kier molecular flexibility index (Phi) is 4.18. The van der Waals surface area contributed by atoms with E-state index >= 15 is 0 Å². The van der Waals surface area contributed by atoms with E-state index in [0.29, 0.717) is 27.2 Å². The largest absolute Gasteiger partial charge is 0.339 e. The van der Waals surface area contributed by atoms with Gasteiger partial charge in [-0.3, -0.25) is 4.31 Å². The van der Waals surface area contributed by atoms with Crippen LogP contribution in [0.15, 0.2) is 39.8 Å². The van der Waals surface area contributed by atoms with Crippen LogP contribution in [0.3, 0.4) is 0 Å². The van der Waals surface area contributed by atoms with Crippen molar-refractivity contribution in [3.8, 4) is 10.7 Å². The van der Waals surface area contributed by atoms with Crippen molar-refractivity contribution in [3.05, 3.63) is 46.7 Å². The van der Waals surface area contributed by atoms with E-state index in [0.717, 1.165) is 5.56 Å². The summed E-state index contributed by atoms with van der Waals surface area (Å²) in [6.45, 7) is 5.40. The van der Waals surface area contributed by atoms with Gasteiger partial charge in [0.05, 0.1) is 10.6 Å². The summed E-state index contributed by atoms with van der Waals surface area (Å²) in [5, 5.41) is 3.85. The summed E-state index contributed by atoms with van der Waals surface area (Å²) < 4.78 is 32.2. The SMILES string of the molecule is Cc1cccc(N(C)S(=O)(=O)c2cc(-c3noc(C)n3)sc2C)c1. The molecule has 0 radical (unpaired) electrons. The lowest BCUT2D eigenvalue weighted by atomic mass is 10.2. The Morgan fingerprint density at radius 1 is 1.17 bits per heavy atom. The predicted octanol–water partition coefficient (Wildman–Crippen LogP) is 3.55. The number of rotatable bonds is 4. The second kappa shape index (κ2) is 6.03. The quantitative estimate of drug-likeness (QED) is 0.708. The highest BCUT2D eigenvalue weighted by Gasteiger charge is 2.26. The minimum absolute atomic E-state index is 0.258. The minimum atomic E-state index is -3.66. The van der Waals surface area contributed by atoms with Gasteiger partial charge < -0.3 is 4.52 Å². The number of sulfonamides is 1. The van der Waals surface area contributed by atoms with Gasteiger partial charge in [-0.25, -0.2) is 8.42 Å². The molecule has 0 atom stereocenters. The third-order valence-corrected chi connectivity index (χ3v) is 6.71. The molecule has 8 heteroatoms. The second-order valence-electron chi connectivity index (χ2n) is 5.48. The standard InChI is InChI=1S/C16H17N3O3S2/c1-10-6-5-7-13(8-10)19(4)24(20,21)15-9-14(23-11(15)2)16-17-12(3)22-18-16/h5-9H,1-4H3. The zero-order valence-electron chi connectivity index (χ0n) is 13.8. The van der Waals surface area contributed by atoms with Crippen LogP contribution < -0.4 is 4.31 Å². The zero-order chi connectivity index (χ0) is 17.5. The lowest BCUT2D eigenvalue weighted by Crippen LogP contribution is -2.26. The van der Waals surface area contributed by atoms with E-state index in [4.69, 9.17) is 4.52 Å². The molecule has 0 aliphatic rings. The minimum Gasteiger partial charge on any atom is -0.339 e. The molecule has 24 heavy (non-hydrogen) atoms. The van der Waals surface area contributed by atoms with Crippen molar-refractivity contribution in [2.45, 2.75) is 25.7 Å². The highest BCUT2D eigenvalue weighted by molar-refractivity contribution is 7.93. The molecule has 0 spiro atoms. The molecule has 0 N–H and O–H groups in total. The summed E-state index contributed by atoms with van der Waals surface area (Å²) in [5.41, 5.74) is 1.62. The Labute approximate surface area is 144 Å². The fraction of sp³-hybridized carbons (Fsp3) is 0.250. The second-order valence-corrected chi connectivity index (χ2v) is 8.67. The van der Waals surface area contributed by atoms with Crippen molar-refractivity contribution in [1.29, 1.82) is 0 Å². The van der Waals surface area contributed by atoms with Gasteiger partial charge in [-0.15, -0.1) is 11.3 Å². The molecule has 0 aliphatic carbocycles. The molecule has 0 aliphatic heterocycles. The summed E-state index contributed by atoms with van der Waals surface area (Å²) in [5.74, 6) is 0.845. The molecule has 3 rings (SSSR count). The first kappa shape index (κ1) is 16.7. The summed E-state index contributed by atoms with van der Waals surface area (Å²) in [4.78, 5) is 5.77. The molecule has 0 amide bonds. The smallest absolute Gasteiger partial charge is 0.265 e. The van der Waals surface area contributed by atoms with Crippen LogP contribution in [-0.4, -0.2) is 25.6 Å². The molecule has 0 saturated carbocycles. The highest BCUT2D eigenvalue weighted by Crippen LogP contribution is 2.34. The van der Waals surface area contributed by atoms with Crippen LogP contribution in [0.2, 0.25) is 0 Å². The average Bonchev–Trinajstić information content (AvgIpc) is 3.12. The lowest BCUT2D eigenvalue weighted by molar-refractivity contribution is 0.394. The molecule has 6 nitrogen and oxygen atoms in total. The van der Waals surface area contributed by atoms with Gasteiger partial charge >= 0.3 is 0 Å². The fourth-order valence-corrected chi connectivity index (χ4v) is 5.01. The lowest BCUT2D eigenvalue weighted by Gasteiger charge is -2.19. The topological polar surface area (TPSA) is 76.3 Å². The van der Waals surface area contributed by atoms with E-state index in [2.05, 4.69) is 10.1 Å². The zero-order valence-corrected chi connectivity index (χ0v) is 15.4. The fourth-order valence-electron chi connectivity index (χ4n) is 2.34. The number of hydrogen-bond donors (Lipinski definition) is 0. The van der Waals surface area contributed by atoms with Crippen LogP contribution in [0, 0.1) is 20.8 Å². The Morgan fingerprint density at radius 2 is 1.92 bits per heavy atom. The van der Waals surface area contributed by atoms with Gasteiger partial charge in [-0.1, -0.05) is 17.3 Å². The van der Waals surface area contributed by atoms with E-state index in [9.17, 15) is 8.42 Å². The van der Waals surface area contributed by atoms with E-state index in [1.165, 1.54) is 15.6 Å². The van der Waals surface area contributed by atoms with Crippen LogP contribution in [0.1, 0.15) is 16.3 Å². The molecule has 3 aromatic rings. The summed E-state index contributed by atoms with van der Waals surface area (Å²) >= 11 is 1.33. The monoisotopic (exact) mass is 363 g/mol. The number of anilines is 1. The maximum atomic E-state index is 13.0. The molecule has 0 bridgehead atoms. The van der Waals surface area contributed by atoms with Crippen molar-refractivity contribution >= 4 is 27.0 Å². The first-order valence-corrected chi connectivity index (χ1v) is 9.51. The van der Waals surface area contributed by atoms with Gasteiger partial charge in [0, 0.05) is 18.8 Å². The van der Waals surface area contributed by atoms with E-state index < -0.39 is 10.0 Å². The predicted molar refractivity (Wildman–Crippen MR) is 93.9 cm³/mol. The number of nitrogens with zero attached hydrogens (tertiary/aromatic N) is 3. The number of benzene rings is 1. The third-order valence-electron chi connectivity index (χ3n) is 3.62. The number of aryl methyl sites for hydroxylation is 3. The first-order valence-electron chi connectivity index (χ1n) is 7.26. The van der Waals surface area contributed by atoms with E-state index in [-0.39, 0.29) is 4.90 Å². The molecular formula is C16H17N3O3S2. The maximum absolute atomic E-state index is 13.0. The Morgan fingerprint density at radius 3 is 2.54 bits per heavy atom. The van der Waals surface area contributed by atoms with Crippen LogP contribution >= 0.6 is 11.3 Å². The van der Waals surface area contributed by atoms with E-state index in [1.54, 1.807) is 33.0 Å². The molecule has 0 fully saturated rings. The average molecular weight is 363 g/mol. The number of thiophene rings is 1. The van der Waals surface area contributed by atoms with Crippen molar-refractivity contribution in [2.24, 2.45) is 0 Å². The normalized spacial score (nSPS) is 11.7. The van der Waals surface area contributed by atoms with Gasteiger partial charge in [0.2, 0.25) is 11.7 Å². The van der Waals surface area contributed by atoms with Crippen LogP contribution in [0.25, 0.3) is 10.7 Å². The Hall–Kier alpha value is -2.19.